The summed E-state index contributed by atoms with van der Waals surface area (Å²) < 4.78 is 1.57. The van der Waals surface area contributed by atoms with E-state index < -0.39 is 0 Å². The monoisotopic (exact) mass is 382 g/mol. The maximum atomic E-state index is 12.4. The van der Waals surface area contributed by atoms with Crippen molar-refractivity contribution in [3.63, 3.8) is 0 Å². The summed E-state index contributed by atoms with van der Waals surface area (Å²) >= 11 is 1.44. The predicted octanol–water partition coefficient (Wildman–Crippen LogP) is 3.32. The molecule has 2 heterocycles. The number of nitrogen functional groups attached to an aromatic ring is 1. The quantitative estimate of drug-likeness (QED) is 0.876. The summed E-state index contributed by atoms with van der Waals surface area (Å²) in [4.78, 5) is 28.3. The molecule has 4 rings (SSSR count). The molecule has 0 radical (unpaired) electrons. The Morgan fingerprint density at radius 2 is 1.89 bits per heavy atom. The van der Waals surface area contributed by atoms with Gasteiger partial charge in [0.25, 0.3) is 5.56 Å². The zero-order valence-corrected chi connectivity index (χ0v) is 15.9. The number of carbonyl (C=O) groups is 1. The van der Waals surface area contributed by atoms with Gasteiger partial charge in [0, 0.05) is 6.42 Å². The van der Waals surface area contributed by atoms with E-state index in [1.165, 1.54) is 55.6 Å². The largest absolute Gasteiger partial charge is 0.383 e. The molecule has 140 valence electrons. The number of hydrogen-bond donors (Lipinski definition) is 1. The standard InChI is InChI=1S/C20H22N4O2S/c21-18-16(12-14-6-9-15(25)10-7-14)19(26)22-20-24(18)23-17(27-20)11-8-13-4-2-1-3-5-13/h6-7,9-10,12-13H,1-5,8,11,21H2. The zero-order valence-electron chi connectivity index (χ0n) is 15.1. The highest BCUT2D eigenvalue weighted by atomic mass is 32.1. The molecule has 2 aliphatic carbocycles. The van der Waals surface area contributed by atoms with Gasteiger partial charge >= 0.3 is 0 Å². The van der Waals surface area contributed by atoms with Crippen molar-refractivity contribution in [3.8, 4) is 0 Å². The minimum absolute atomic E-state index is 0.0764. The summed E-state index contributed by atoms with van der Waals surface area (Å²) in [5, 5.41) is 5.56. The Morgan fingerprint density at radius 1 is 1.15 bits per heavy atom. The minimum atomic E-state index is -0.374. The second kappa shape index (κ2) is 7.60. The van der Waals surface area contributed by atoms with Gasteiger partial charge in [-0.25, -0.2) is 0 Å². The van der Waals surface area contributed by atoms with E-state index in [1.807, 2.05) is 0 Å². The van der Waals surface area contributed by atoms with Crippen LogP contribution in [0.4, 0.5) is 5.82 Å². The van der Waals surface area contributed by atoms with Crippen LogP contribution < -0.4 is 11.3 Å². The Bertz CT molecular complexity index is 1000. The van der Waals surface area contributed by atoms with Gasteiger partial charge in [-0.2, -0.15) is 14.6 Å². The van der Waals surface area contributed by atoms with E-state index in [0.29, 0.717) is 10.5 Å². The highest BCUT2D eigenvalue weighted by Gasteiger charge is 2.17. The molecule has 0 bridgehead atoms. The maximum absolute atomic E-state index is 12.4. The van der Waals surface area contributed by atoms with Gasteiger partial charge in [0.2, 0.25) is 4.96 Å². The van der Waals surface area contributed by atoms with Crippen LogP contribution in [-0.4, -0.2) is 20.4 Å². The van der Waals surface area contributed by atoms with Crippen molar-refractivity contribution in [1.82, 2.24) is 14.6 Å². The molecule has 0 saturated heterocycles. The van der Waals surface area contributed by atoms with Gasteiger partial charge in [-0.15, -0.1) is 0 Å². The SMILES string of the molecule is Nc1c(C=C2C=CC(=O)C=C2)c(=O)nc2sc(CCC3CCCCC3)nn12. The van der Waals surface area contributed by atoms with E-state index in [-0.39, 0.29) is 17.2 Å². The van der Waals surface area contributed by atoms with Crippen LogP contribution in [0.3, 0.4) is 0 Å². The molecule has 6 nitrogen and oxygen atoms in total. The van der Waals surface area contributed by atoms with Crippen molar-refractivity contribution < 1.29 is 4.79 Å². The number of aryl methyl sites for hydroxylation is 1. The lowest BCUT2D eigenvalue weighted by Crippen LogP contribution is -2.16. The number of nitrogens with zero attached hydrogens (tertiary/aromatic N) is 3. The summed E-state index contributed by atoms with van der Waals surface area (Å²) in [6.45, 7) is 0. The van der Waals surface area contributed by atoms with Crippen molar-refractivity contribution in [3.05, 3.63) is 50.8 Å². The van der Waals surface area contributed by atoms with Gasteiger partial charge in [-0.1, -0.05) is 55.6 Å². The van der Waals surface area contributed by atoms with E-state index in [0.717, 1.165) is 29.3 Å². The first-order valence-electron chi connectivity index (χ1n) is 9.40. The zero-order chi connectivity index (χ0) is 18.8. The third-order valence-electron chi connectivity index (χ3n) is 5.22. The maximum Gasteiger partial charge on any atom is 0.283 e. The van der Waals surface area contributed by atoms with Crippen LogP contribution in [0.15, 0.2) is 34.7 Å². The van der Waals surface area contributed by atoms with Crippen LogP contribution in [-0.2, 0) is 11.2 Å². The van der Waals surface area contributed by atoms with Gasteiger partial charge in [0.05, 0.1) is 5.56 Å². The van der Waals surface area contributed by atoms with Crippen molar-refractivity contribution >= 4 is 34.0 Å². The van der Waals surface area contributed by atoms with Crippen molar-refractivity contribution in [2.75, 3.05) is 5.73 Å². The summed E-state index contributed by atoms with van der Waals surface area (Å²) in [5.74, 6) is 0.993. The molecule has 1 saturated carbocycles. The van der Waals surface area contributed by atoms with Crippen LogP contribution in [0.25, 0.3) is 11.0 Å². The summed E-state index contributed by atoms with van der Waals surface area (Å²) in [7, 11) is 0. The number of ketones is 1. The fraction of sp³-hybridized carbons (Fsp3) is 0.400. The topological polar surface area (TPSA) is 90.4 Å². The molecule has 2 aromatic rings. The van der Waals surface area contributed by atoms with Gasteiger partial charge < -0.3 is 5.73 Å². The number of hydrogen-bond acceptors (Lipinski definition) is 6. The highest BCUT2D eigenvalue weighted by molar-refractivity contribution is 7.16. The normalized spacial score (nSPS) is 17.8. The lowest BCUT2D eigenvalue weighted by atomic mass is 9.86. The van der Waals surface area contributed by atoms with Crippen LogP contribution >= 0.6 is 11.3 Å². The Hall–Kier alpha value is -2.54. The highest BCUT2D eigenvalue weighted by Crippen LogP contribution is 2.28. The molecule has 0 atom stereocenters. The van der Waals surface area contributed by atoms with Crippen LogP contribution in [0.2, 0.25) is 0 Å². The minimum Gasteiger partial charge on any atom is -0.383 e. The molecule has 27 heavy (non-hydrogen) atoms. The number of anilines is 1. The van der Waals surface area contributed by atoms with Crippen LogP contribution in [0.5, 0.6) is 0 Å². The first kappa shape index (κ1) is 17.9. The van der Waals surface area contributed by atoms with E-state index in [4.69, 9.17) is 5.73 Å². The van der Waals surface area contributed by atoms with Gasteiger partial charge in [0.15, 0.2) is 5.78 Å². The Morgan fingerprint density at radius 3 is 2.63 bits per heavy atom. The Kier molecular flexibility index (Phi) is 5.03. The smallest absolute Gasteiger partial charge is 0.283 e. The average molecular weight is 382 g/mol. The third kappa shape index (κ3) is 3.93. The summed E-state index contributed by atoms with van der Waals surface area (Å²) in [6.07, 6.45) is 16.6. The number of carbonyl (C=O) groups excluding carboxylic acids is 1. The van der Waals surface area contributed by atoms with E-state index in [1.54, 1.807) is 22.7 Å². The molecule has 0 unspecified atom stereocenters. The van der Waals surface area contributed by atoms with Crippen molar-refractivity contribution in [1.29, 1.82) is 0 Å². The molecule has 2 N–H and O–H groups in total. The number of fused-ring (bicyclic) bond motifs is 1. The number of nitrogens with two attached hydrogens (primary N) is 1. The number of rotatable bonds is 4. The Labute approximate surface area is 161 Å². The lowest BCUT2D eigenvalue weighted by Gasteiger charge is -2.20. The summed E-state index contributed by atoms with van der Waals surface area (Å²) in [6, 6.07) is 0. The van der Waals surface area contributed by atoms with Gasteiger partial charge in [-0.05, 0) is 36.1 Å². The number of allylic oxidation sites excluding steroid dienone is 5. The molecule has 2 aliphatic rings. The second-order valence-electron chi connectivity index (χ2n) is 7.16. The molecule has 0 aromatic carbocycles. The molecule has 1 fully saturated rings. The Balaban J connectivity index is 1.60. The lowest BCUT2D eigenvalue weighted by molar-refractivity contribution is -0.110. The van der Waals surface area contributed by atoms with Gasteiger partial charge in [0.1, 0.15) is 10.8 Å². The molecular formula is C20H22N4O2S. The van der Waals surface area contributed by atoms with E-state index >= 15 is 0 Å². The predicted molar refractivity (Wildman–Crippen MR) is 108 cm³/mol. The fourth-order valence-electron chi connectivity index (χ4n) is 3.69. The first-order chi connectivity index (χ1) is 13.1. The molecular weight excluding hydrogens is 360 g/mol. The fourth-order valence-corrected chi connectivity index (χ4v) is 4.60. The molecule has 0 amide bonds. The van der Waals surface area contributed by atoms with E-state index in [9.17, 15) is 9.59 Å². The van der Waals surface area contributed by atoms with Crippen molar-refractivity contribution in [2.45, 2.75) is 44.9 Å². The molecule has 7 heteroatoms. The molecule has 0 aliphatic heterocycles. The van der Waals surface area contributed by atoms with Gasteiger partial charge in [-0.3, -0.25) is 9.59 Å². The third-order valence-corrected chi connectivity index (χ3v) is 6.18. The van der Waals surface area contributed by atoms with Crippen LogP contribution in [0.1, 0.15) is 49.1 Å². The van der Waals surface area contributed by atoms with Crippen molar-refractivity contribution in [2.24, 2.45) is 5.92 Å². The first-order valence-corrected chi connectivity index (χ1v) is 10.2. The summed E-state index contributed by atoms with van der Waals surface area (Å²) in [5.41, 5.74) is 6.88. The molecule has 0 spiro atoms. The van der Waals surface area contributed by atoms with Crippen LogP contribution in [0, 0.1) is 5.92 Å². The van der Waals surface area contributed by atoms with E-state index in [2.05, 4.69) is 10.1 Å². The average Bonchev–Trinajstić information content (AvgIpc) is 3.09. The second-order valence-corrected chi connectivity index (χ2v) is 8.20. The molecule has 2 aromatic heterocycles. The number of aromatic nitrogens is 3.